The van der Waals surface area contributed by atoms with Crippen molar-refractivity contribution in [2.24, 2.45) is 10.2 Å². The molecule has 0 saturated carbocycles. The Hall–Kier alpha value is -2.44. The second kappa shape index (κ2) is 7.21. The normalized spacial score (nSPS) is 17.7. The number of nitrogens with zero attached hydrogens (tertiary/aromatic N) is 4. The Bertz CT molecular complexity index is 931. The number of benzene rings is 1. The first-order chi connectivity index (χ1) is 11.9. The van der Waals surface area contributed by atoms with Crippen LogP contribution in [0.2, 0.25) is 0 Å². The van der Waals surface area contributed by atoms with Gasteiger partial charge in [0.2, 0.25) is 11.3 Å². The molecule has 0 spiro atoms. The van der Waals surface area contributed by atoms with Crippen LogP contribution in [-0.2, 0) is 14.8 Å². The van der Waals surface area contributed by atoms with Gasteiger partial charge in [-0.2, -0.15) is 10.2 Å². The van der Waals surface area contributed by atoms with Gasteiger partial charge < -0.3 is 5.32 Å². The van der Waals surface area contributed by atoms with Crippen LogP contribution < -0.4 is 10.0 Å². The van der Waals surface area contributed by atoms with Crippen molar-refractivity contribution in [1.29, 1.82) is 0 Å². The summed E-state index contributed by atoms with van der Waals surface area (Å²) in [5.41, 5.74) is 0.404. The second-order valence-electron chi connectivity index (χ2n) is 4.63. The van der Waals surface area contributed by atoms with Crippen LogP contribution in [0.3, 0.4) is 0 Å². The van der Waals surface area contributed by atoms with E-state index in [1.165, 1.54) is 36.7 Å². The lowest BCUT2D eigenvalue weighted by Crippen LogP contribution is -2.22. The summed E-state index contributed by atoms with van der Waals surface area (Å²) in [5.74, 6) is -0.350. The average molecular weight is 394 g/mol. The fraction of sp³-hybridized carbons (Fsp3) is 0.0769. The molecule has 1 aliphatic rings. The number of carbonyl (C=O) groups is 1. The molecule has 12 heteroatoms. The van der Waals surface area contributed by atoms with Gasteiger partial charge in [0.1, 0.15) is 4.32 Å². The maximum absolute atomic E-state index is 12.2. The van der Waals surface area contributed by atoms with Crippen LogP contribution in [0, 0.1) is 0 Å². The standard InChI is InChI=1S/C13H10N6O3S3/c20-10-11(24-13(23)16-10)18-17-8-2-4-9(5-3-8)25(21,22)19-12-14-6-1-7-15-12/h1-7,11H,(H,14,15,19)(H,16,20,23)/t11-/m1/s1. The number of thioether (sulfide) groups is 1. The van der Waals surface area contributed by atoms with Crippen molar-refractivity contribution >= 4 is 55.9 Å². The smallest absolute Gasteiger partial charge is 0.264 e. The van der Waals surface area contributed by atoms with Crippen molar-refractivity contribution < 1.29 is 13.2 Å². The molecule has 0 unspecified atom stereocenters. The van der Waals surface area contributed by atoms with Gasteiger partial charge in [0.05, 0.1) is 10.6 Å². The molecule has 1 aromatic carbocycles. The molecular weight excluding hydrogens is 384 g/mol. The second-order valence-corrected chi connectivity index (χ2v) is 8.07. The predicted molar refractivity (Wildman–Crippen MR) is 95.9 cm³/mol. The Morgan fingerprint density at radius 2 is 1.88 bits per heavy atom. The molecule has 0 radical (unpaired) electrons. The number of anilines is 1. The van der Waals surface area contributed by atoms with Gasteiger partial charge in [-0.25, -0.2) is 23.1 Å². The van der Waals surface area contributed by atoms with E-state index in [2.05, 4.69) is 30.2 Å². The minimum Gasteiger partial charge on any atom is -0.309 e. The zero-order valence-electron chi connectivity index (χ0n) is 12.4. The Morgan fingerprint density at radius 1 is 1.20 bits per heavy atom. The van der Waals surface area contributed by atoms with E-state index in [-0.39, 0.29) is 16.8 Å². The van der Waals surface area contributed by atoms with E-state index in [4.69, 9.17) is 12.2 Å². The number of azo groups is 1. The predicted octanol–water partition coefficient (Wildman–Crippen LogP) is 1.84. The highest BCUT2D eigenvalue weighted by atomic mass is 32.2. The summed E-state index contributed by atoms with van der Waals surface area (Å²) in [4.78, 5) is 19.1. The largest absolute Gasteiger partial charge is 0.309 e. The molecule has 3 rings (SSSR count). The van der Waals surface area contributed by atoms with Gasteiger partial charge in [0, 0.05) is 12.4 Å². The first-order valence-electron chi connectivity index (χ1n) is 6.76. The summed E-state index contributed by atoms with van der Waals surface area (Å²) >= 11 is 5.95. The van der Waals surface area contributed by atoms with Crippen molar-refractivity contribution in [3.05, 3.63) is 42.7 Å². The molecule has 9 nitrogen and oxygen atoms in total. The number of rotatable bonds is 5. The van der Waals surface area contributed by atoms with E-state index < -0.39 is 15.4 Å². The zero-order valence-corrected chi connectivity index (χ0v) is 14.8. The number of amides is 1. The van der Waals surface area contributed by atoms with E-state index in [1.807, 2.05) is 0 Å². The Labute approximate surface area is 152 Å². The highest BCUT2D eigenvalue weighted by molar-refractivity contribution is 8.24. The zero-order chi connectivity index (χ0) is 17.9. The maximum Gasteiger partial charge on any atom is 0.264 e. The van der Waals surface area contributed by atoms with Crippen LogP contribution >= 0.6 is 24.0 Å². The molecule has 1 fully saturated rings. The van der Waals surface area contributed by atoms with Crippen LogP contribution in [0.4, 0.5) is 11.6 Å². The number of nitrogens with one attached hydrogen (secondary N) is 2. The third kappa shape index (κ3) is 4.35. The summed E-state index contributed by atoms with van der Waals surface area (Å²) < 4.78 is 27.1. The Morgan fingerprint density at radius 3 is 2.48 bits per heavy atom. The monoisotopic (exact) mass is 394 g/mol. The third-order valence-electron chi connectivity index (χ3n) is 2.88. The third-order valence-corrected chi connectivity index (χ3v) is 5.47. The molecule has 2 aromatic rings. The van der Waals surface area contributed by atoms with Crippen LogP contribution in [0.1, 0.15) is 0 Å². The lowest BCUT2D eigenvalue weighted by Gasteiger charge is -2.06. The molecule has 1 atom stereocenters. The number of hydrogen-bond acceptors (Lipinski definition) is 9. The van der Waals surface area contributed by atoms with Crippen molar-refractivity contribution in [2.45, 2.75) is 10.3 Å². The molecule has 0 aliphatic carbocycles. The first-order valence-corrected chi connectivity index (χ1v) is 9.53. The van der Waals surface area contributed by atoms with Gasteiger partial charge in [-0.1, -0.05) is 24.0 Å². The molecule has 1 saturated heterocycles. The van der Waals surface area contributed by atoms with E-state index in [1.54, 1.807) is 6.07 Å². The quantitative estimate of drug-likeness (QED) is 0.585. The molecule has 1 aliphatic heterocycles. The van der Waals surface area contributed by atoms with Crippen molar-refractivity contribution in [1.82, 2.24) is 15.3 Å². The minimum atomic E-state index is -3.81. The fourth-order valence-electron chi connectivity index (χ4n) is 1.76. The van der Waals surface area contributed by atoms with Gasteiger partial charge in [-0.15, -0.1) is 0 Å². The molecule has 0 bridgehead atoms. The summed E-state index contributed by atoms with van der Waals surface area (Å²) in [7, 11) is -3.81. The molecular formula is C13H10N6O3S3. The van der Waals surface area contributed by atoms with E-state index in [9.17, 15) is 13.2 Å². The Kier molecular flexibility index (Phi) is 5.01. The lowest BCUT2D eigenvalue weighted by atomic mass is 10.3. The van der Waals surface area contributed by atoms with Crippen molar-refractivity contribution in [3.8, 4) is 0 Å². The number of sulfonamides is 1. The van der Waals surface area contributed by atoms with Crippen LogP contribution in [0.5, 0.6) is 0 Å². The van der Waals surface area contributed by atoms with E-state index in [0.717, 1.165) is 11.8 Å². The number of carbonyl (C=O) groups excluding carboxylic acids is 1. The highest BCUT2D eigenvalue weighted by Crippen LogP contribution is 2.24. The summed E-state index contributed by atoms with van der Waals surface area (Å²) in [6.07, 6.45) is 2.86. The molecule has 2 N–H and O–H groups in total. The van der Waals surface area contributed by atoms with Gasteiger partial charge in [0.15, 0.2) is 0 Å². The van der Waals surface area contributed by atoms with Crippen LogP contribution in [-0.4, -0.2) is 34.0 Å². The minimum absolute atomic E-state index is 0.0214. The number of aromatic nitrogens is 2. The van der Waals surface area contributed by atoms with Crippen LogP contribution in [0.15, 0.2) is 57.8 Å². The average Bonchev–Trinajstić information content (AvgIpc) is 2.91. The molecule has 1 aromatic heterocycles. The van der Waals surface area contributed by atoms with E-state index in [0.29, 0.717) is 10.0 Å². The molecule has 128 valence electrons. The van der Waals surface area contributed by atoms with Gasteiger partial charge in [-0.05, 0) is 30.3 Å². The number of thiocarbonyl (C=S) groups is 1. The highest BCUT2D eigenvalue weighted by Gasteiger charge is 2.28. The van der Waals surface area contributed by atoms with Crippen molar-refractivity contribution in [2.75, 3.05) is 4.72 Å². The molecule has 2 heterocycles. The number of hydrogen-bond donors (Lipinski definition) is 2. The molecule has 1 amide bonds. The van der Waals surface area contributed by atoms with Gasteiger partial charge >= 0.3 is 0 Å². The summed E-state index contributed by atoms with van der Waals surface area (Å²) in [6.45, 7) is 0. The van der Waals surface area contributed by atoms with E-state index >= 15 is 0 Å². The van der Waals surface area contributed by atoms with Gasteiger partial charge in [0.25, 0.3) is 15.9 Å². The summed E-state index contributed by atoms with van der Waals surface area (Å²) in [6, 6.07) is 7.25. The Balaban J connectivity index is 1.71. The van der Waals surface area contributed by atoms with Crippen molar-refractivity contribution in [3.63, 3.8) is 0 Å². The lowest BCUT2D eigenvalue weighted by molar-refractivity contribution is -0.118. The fourth-order valence-corrected chi connectivity index (χ4v) is 3.72. The SMILES string of the molecule is O=C1NC(=S)S[C@H]1N=Nc1ccc(S(=O)(=O)Nc2ncccn2)cc1. The topological polar surface area (TPSA) is 126 Å². The maximum atomic E-state index is 12.2. The first kappa shape index (κ1) is 17.4. The summed E-state index contributed by atoms with van der Waals surface area (Å²) in [5, 5.41) is 9.54. The van der Waals surface area contributed by atoms with Gasteiger partial charge in [-0.3, -0.25) is 4.79 Å². The van der Waals surface area contributed by atoms with Crippen LogP contribution in [0.25, 0.3) is 0 Å². The molecule has 25 heavy (non-hydrogen) atoms.